The molecule has 0 radical (unpaired) electrons. The minimum absolute atomic E-state index is 0.457. The first-order chi connectivity index (χ1) is 11.3. The van der Waals surface area contributed by atoms with Crippen molar-refractivity contribution in [2.45, 2.75) is 65.0 Å². The van der Waals surface area contributed by atoms with Crippen molar-refractivity contribution < 1.29 is 4.74 Å². The Hall–Kier alpha value is -1.14. The Morgan fingerprint density at radius 3 is 2.74 bits per heavy atom. The van der Waals surface area contributed by atoms with E-state index in [4.69, 9.17) is 4.74 Å². The third-order valence-electron chi connectivity index (χ3n) is 3.96. The number of rotatable bonds is 7. The van der Waals surface area contributed by atoms with Crippen LogP contribution in [0.1, 0.15) is 55.3 Å². The van der Waals surface area contributed by atoms with E-state index in [-0.39, 0.29) is 0 Å². The lowest BCUT2D eigenvalue weighted by atomic mass is 10.1. The summed E-state index contributed by atoms with van der Waals surface area (Å²) in [5.41, 5.74) is 0. The van der Waals surface area contributed by atoms with Gasteiger partial charge >= 0.3 is 0 Å². The highest BCUT2D eigenvalue weighted by atomic mass is 32.1. The normalized spacial score (nSPS) is 17.0. The van der Waals surface area contributed by atoms with Crippen molar-refractivity contribution in [2.24, 2.45) is 4.99 Å². The number of ether oxygens (including phenoxy) is 1. The Morgan fingerprint density at radius 2 is 2.09 bits per heavy atom. The molecule has 0 bridgehead atoms. The maximum atomic E-state index is 6.00. The summed E-state index contributed by atoms with van der Waals surface area (Å²) in [7, 11) is 0. The molecule has 0 saturated heterocycles. The number of guanidine groups is 1. The van der Waals surface area contributed by atoms with Gasteiger partial charge in [-0.25, -0.2) is 9.98 Å². The van der Waals surface area contributed by atoms with E-state index in [0.717, 1.165) is 30.7 Å². The molecule has 1 saturated carbocycles. The molecule has 1 aromatic heterocycles. The number of hydrogen-bond acceptors (Lipinski definition) is 4. The lowest BCUT2D eigenvalue weighted by Gasteiger charge is -2.16. The molecule has 0 spiro atoms. The van der Waals surface area contributed by atoms with Crippen LogP contribution in [0.2, 0.25) is 0 Å². The van der Waals surface area contributed by atoms with Gasteiger partial charge in [-0.15, -0.1) is 11.3 Å². The number of hydrogen-bond donors (Lipinski definition) is 2. The van der Waals surface area contributed by atoms with Crippen LogP contribution in [0.5, 0.6) is 0 Å². The van der Waals surface area contributed by atoms with Crippen molar-refractivity contribution >= 4 is 17.3 Å². The molecule has 0 aliphatic heterocycles. The zero-order chi connectivity index (χ0) is 16.3. The second-order valence-electron chi connectivity index (χ2n) is 5.95. The van der Waals surface area contributed by atoms with Crippen molar-refractivity contribution in [3.63, 3.8) is 0 Å². The van der Waals surface area contributed by atoms with E-state index >= 15 is 0 Å². The molecule has 6 heteroatoms. The predicted molar refractivity (Wildman–Crippen MR) is 97.1 cm³/mol. The minimum Gasteiger partial charge on any atom is -0.376 e. The summed E-state index contributed by atoms with van der Waals surface area (Å²) in [6.45, 7) is 7.17. The molecule has 5 nitrogen and oxygen atoms in total. The van der Waals surface area contributed by atoms with Gasteiger partial charge in [0.2, 0.25) is 0 Å². The van der Waals surface area contributed by atoms with Gasteiger partial charge in [-0.2, -0.15) is 0 Å². The molecular weight excluding hydrogens is 308 g/mol. The first-order valence-electron chi connectivity index (χ1n) is 8.83. The third kappa shape index (κ3) is 7.31. The number of aliphatic imine (C=N–C) groups is 1. The molecule has 1 aliphatic rings. The lowest BCUT2D eigenvalue weighted by molar-refractivity contribution is 0.0468. The molecule has 2 rings (SSSR count). The number of thiazole rings is 1. The lowest BCUT2D eigenvalue weighted by Crippen LogP contribution is -2.39. The molecule has 0 atom stereocenters. The molecule has 130 valence electrons. The van der Waals surface area contributed by atoms with Gasteiger partial charge in [-0.1, -0.05) is 25.7 Å². The molecule has 0 unspecified atom stereocenters. The maximum absolute atomic E-state index is 6.00. The largest absolute Gasteiger partial charge is 0.376 e. The molecular formula is C17H30N4OS. The maximum Gasteiger partial charge on any atom is 0.191 e. The third-order valence-corrected chi connectivity index (χ3v) is 4.85. The predicted octanol–water partition coefficient (Wildman–Crippen LogP) is 3.25. The number of nitrogens with one attached hydrogen (secondary N) is 2. The topological polar surface area (TPSA) is 58.5 Å². The first-order valence-corrected chi connectivity index (χ1v) is 9.64. The first kappa shape index (κ1) is 18.2. The van der Waals surface area contributed by atoms with Gasteiger partial charge in [-0.05, 0) is 26.7 Å². The number of nitrogens with zero attached hydrogens (tertiary/aromatic N) is 2. The number of aromatic nitrogens is 1. The summed E-state index contributed by atoms with van der Waals surface area (Å²) >= 11 is 1.70. The average Bonchev–Trinajstić information content (AvgIpc) is 2.80. The Labute approximate surface area is 144 Å². The molecule has 1 heterocycles. The summed E-state index contributed by atoms with van der Waals surface area (Å²) in [5, 5.41) is 7.71. The molecule has 0 aromatic carbocycles. The highest BCUT2D eigenvalue weighted by molar-refractivity contribution is 7.11. The van der Waals surface area contributed by atoms with E-state index in [1.807, 2.05) is 13.1 Å². The Balaban J connectivity index is 1.69. The second-order valence-corrected chi connectivity index (χ2v) is 7.27. The fourth-order valence-electron chi connectivity index (χ4n) is 2.78. The summed E-state index contributed by atoms with van der Waals surface area (Å²) in [5.74, 6) is 0.850. The Morgan fingerprint density at radius 1 is 1.30 bits per heavy atom. The second kappa shape index (κ2) is 10.6. The summed E-state index contributed by atoms with van der Waals surface area (Å²) < 4.78 is 6.00. The van der Waals surface area contributed by atoms with Crippen LogP contribution in [0.3, 0.4) is 0 Å². The van der Waals surface area contributed by atoms with Crippen LogP contribution >= 0.6 is 11.3 Å². The highest BCUT2D eigenvalue weighted by Gasteiger charge is 2.12. The molecule has 1 fully saturated rings. The van der Waals surface area contributed by atoms with Crippen molar-refractivity contribution in [1.29, 1.82) is 0 Å². The highest BCUT2D eigenvalue weighted by Crippen LogP contribution is 2.19. The molecule has 1 aromatic rings. The molecule has 23 heavy (non-hydrogen) atoms. The fourth-order valence-corrected chi connectivity index (χ4v) is 3.50. The van der Waals surface area contributed by atoms with Crippen LogP contribution in [0, 0.1) is 6.92 Å². The standard InChI is InChI=1S/C17H30N4OS/c1-3-18-17(21-13-16-12-20-14(2)23-16)19-10-11-22-15-8-6-4-5-7-9-15/h12,15H,3-11,13H2,1-2H3,(H2,18,19,21). The quantitative estimate of drug-likeness (QED) is 0.347. The zero-order valence-corrected chi connectivity index (χ0v) is 15.3. The molecule has 2 N–H and O–H groups in total. The van der Waals surface area contributed by atoms with Crippen LogP contribution in [-0.4, -0.2) is 36.7 Å². The molecule has 0 amide bonds. The molecule has 1 aliphatic carbocycles. The smallest absolute Gasteiger partial charge is 0.191 e. The zero-order valence-electron chi connectivity index (χ0n) is 14.4. The van der Waals surface area contributed by atoms with Gasteiger partial charge in [-0.3, -0.25) is 0 Å². The van der Waals surface area contributed by atoms with Crippen molar-refractivity contribution in [1.82, 2.24) is 15.6 Å². The van der Waals surface area contributed by atoms with Crippen LogP contribution in [0.25, 0.3) is 0 Å². The van der Waals surface area contributed by atoms with Gasteiger partial charge in [0.1, 0.15) is 0 Å². The van der Waals surface area contributed by atoms with Gasteiger partial charge in [0.05, 0.1) is 24.3 Å². The van der Waals surface area contributed by atoms with E-state index in [9.17, 15) is 0 Å². The fraction of sp³-hybridized carbons (Fsp3) is 0.765. The monoisotopic (exact) mass is 338 g/mol. The summed E-state index contributed by atoms with van der Waals surface area (Å²) in [6, 6.07) is 0. The Bertz CT molecular complexity index is 467. The van der Waals surface area contributed by atoms with E-state index < -0.39 is 0 Å². The Kier molecular flexibility index (Phi) is 8.39. The van der Waals surface area contributed by atoms with Crippen LogP contribution in [0.15, 0.2) is 11.2 Å². The minimum atomic E-state index is 0.457. The number of aryl methyl sites for hydroxylation is 1. The van der Waals surface area contributed by atoms with Crippen molar-refractivity contribution in [3.05, 3.63) is 16.1 Å². The van der Waals surface area contributed by atoms with Crippen molar-refractivity contribution in [2.75, 3.05) is 19.7 Å². The van der Waals surface area contributed by atoms with Crippen molar-refractivity contribution in [3.8, 4) is 0 Å². The van der Waals surface area contributed by atoms with Crippen LogP contribution < -0.4 is 10.6 Å². The average molecular weight is 339 g/mol. The van der Waals surface area contributed by atoms with E-state index in [0.29, 0.717) is 12.6 Å². The van der Waals surface area contributed by atoms with Gasteiger partial charge in [0, 0.05) is 24.2 Å². The SMILES string of the molecule is CCNC(=NCc1cnc(C)s1)NCCOC1CCCCCC1. The van der Waals surface area contributed by atoms with Crippen LogP contribution in [0.4, 0.5) is 0 Å². The van der Waals surface area contributed by atoms with E-state index in [2.05, 4.69) is 27.5 Å². The van der Waals surface area contributed by atoms with Gasteiger partial charge in [0.15, 0.2) is 5.96 Å². The van der Waals surface area contributed by atoms with E-state index in [1.165, 1.54) is 43.4 Å². The summed E-state index contributed by atoms with van der Waals surface area (Å²) in [4.78, 5) is 10.1. The summed E-state index contributed by atoms with van der Waals surface area (Å²) in [6.07, 6.45) is 10.2. The van der Waals surface area contributed by atoms with Gasteiger partial charge < -0.3 is 15.4 Å². The van der Waals surface area contributed by atoms with Crippen LogP contribution in [-0.2, 0) is 11.3 Å². The van der Waals surface area contributed by atoms with Gasteiger partial charge in [0.25, 0.3) is 0 Å². The van der Waals surface area contributed by atoms with E-state index in [1.54, 1.807) is 11.3 Å².